The highest BCUT2D eigenvalue weighted by molar-refractivity contribution is 7.17. The van der Waals surface area contributed by atoms with Crippen LogP contribution in [-0.2, 0) is 0 Å². The molecule has 2 atom stereocenters. The van der Waals surface area contributed by atoms with Crippen LogP contribution < -0.4 is 5.32 Å². The molecule has 1 amide bonds. The summed E-state index contributed by atoms with van der Waals surface area (Å²) in [6, 6.07) is 13.0. The molecule has 0 spiro atoms. The molecule has 0 saturated heterocycles. The molecular formula is C23H21Cl3N2OS. The molecule has 1 heterocycles. The van der Waals surface area contributed by atoms with E-state index in [-0.39, 0.29) is 11.9 Å². The van der Waals surface area contributed by atoms with Crippen LogP contribution >= 0.6 is 46.1 Å². The monoisotopic (exact) mass is 478 g/mol. The fourth-order valence-corrected chi connectivity index (χ4v) is 5.45. The van der Waals surface area contributed by atoms with E-state index in [0.717, 1.165) is 35.3 Å². The smallest absolute Gasteiger partial charge is 0.280 e. The first-order chi connectivity index (χ1) is 14.4. The number of halogens is 3. The van der Waals surface area contributed by atoms with Crippen molar-refractivity contribution in [3.8, 4) is 21.7 Å². The highest BCUT2D eigenvalue weighted by atomic mass is 35.5. The van der Waals surface area contributed by atoms with Gasteiger partial charge in [0, 0.05) is 21.7 Å². The number of hydrogen-bond acceptors (Lipinski definition) is 3. The van der Waals surface area contributed by atoms with Gasteiger partial charge in [0.05, 0.1) is 15.6 Å². The summed E-state index contributed by atoms with van der Waals surface area (Å²) in [6.07, 6.45) is 4.53. The molecule has 3 aromatic rings. The van der Waals surface area contributed by atoms with Crippen molar-refractivity contribution in [2.45, 2.75) is 38.6 Å². The molecular weight excluding hydrogens is 459 g/mol. The topological polar surface area (TPSA) is 42.0 Å². The number of carbonyl (C=O) groups is 1. The number of carbonyl (C=O) groups excluding carboxylic acids is 1. The lowest BCUT2D eigenvalue weighted by Gasteiger charge is -2.29. The van der Waals surface area contributed by atoms with Gasteiger partial charge in [-0.15, -0.1) is 11.3 Å². The maximum atomic E-state index is 13.0. The third kappa shape index (κ3) is 4.67. The molecule has 1 saturated carbocycles. The van der Waals surface area contributed by atoms with E-state index in [1.165, 1.54) is 17.8 Å². The van der Waals surface area contributed by atoms with Gasteiger partial charge < -0.3 is 5.32 Å². The molecule has 0 bridgehead atoms. The summed E-state index contributed by atoms with van der Waals surface area (Å²) < 4.78 is 0. The zero-order valence-electron chi connectivity index (χ0n) is 16.4. The Balaban J connectivity index is 1.73. The first kappa shape index (κ1) is 21.6. The number of nitrogens with one attached hydrogen (secondary N) is 1. The highest BCUT2D eigenvalue weighted by Gasteiger charge is 2.26. The third-order valence-corrected chi connectivity index (χ3v) is 7.45. The van der Waals surface area contributed by atoms with Crippen molar-refractivity contribution in [1.82, 2.24) is 10.3 Å². The first-order valence-corrected chi connectivity index (χ1v) is 11.9. The van der Waals surface area contributed by atoms with Gasteiger partial charge in [-0.2, -0.15) is 0 Å². The first-order valence-electron chi connectivity index (χ1n) is 9.95. The molecule has 1 aliphatic carbocycles. The Morgan fingerprint density at radius 1 is 1.03 bits per heavy atom. The van der Waals surface area contributed by atoms with Crippen LogP contribution in [-0.4, -0.2) is 16.9 Å². The van der Waals surface area contributed by atoms with Gasteiger partial charge >= 0.3 is 0 Å². The fraction of sp³-hybridized carbons (Fsp3) is 0.304. The molecule has 3 nitrogen and oxygen atoms in total. The van der Waals surface area contributed by atoms with Gasteiger partial charge in [0.25, 0.3) is 5.91 Å². The molecule has 7 heteroatoms. The van der Waals surface area contributed by atoms with Crippen LogP contribution in [0, 0.1) is 5.92 Å². The Morgan fingerprint density at radius 3 is 2.43 bits per heavy atom. The molecule has 0 radical (unpaired) electrons. The van der Waals surface area contributed by atoms with Crippen LogP contribution in [0.1, 0.15) is 42.4 Å². The Labute approximate surface area is 195 Å². The molecule has 4 rings (SSSR count). The van der Waals surface area contributed by atoms with E-state index in [2.05, 4.69) is 12.2 Å². The number of hydrogen-bond donors (Lipinski definition) is 1. The van der Waals surface area contributed by atoms with Gasteiger partial charge in [0.15, 0.2) is 5.01 Å². The molecule has 2 aromatic carbocycles. The molecule has 2 unspecified atom stereocenters. The summed E-state index contributed by atoms with van der Waals surface area (Å²) in [5.74, 6) is 0.342. The van der Waals surface area contributed by atoms with Crippen LogP contribution in [0.25, 0.3) is 21.7 Å². The summed E-state index contributed by atoms with van der Waals surface area (Å²) in [4.78, 5) is 18.6. The normalized spacial score (nSPS) is 18.9. The van der Waals surface area contributed by atoms with Crippen LogP contribution in [0.15, 0.2) is 42.5 Å². The fourth-order valence-electron chi connectivity index (χ4n) is 3.84. The Bertz CT molecular complexity index is 1060. The van der Waals surface area contributed by atoms with E-state index in [0.29, 0.717) is 31.7 Å². The summed E-state index contributed by atoms with van der Waals surface area (Å²) in [6.45, 7) is 2.20. The number of rotatable bonds is 4. The minimum atomic E-state index is -0.134. The molecule has 1 N–H and O–H groups in total. The second-order valence-corrected chi connectivity index (χ2v) is 9.95. The number of benzene rings is 2. The van der Waals surface area contributed by atoms with Crippen molar-refractivity contribution in [1.29, 1.82) is 0 Å². The summed E-state index contributed by atoms with van der Waals surface area (Å²) >= 11 is 20.0. The van der Waals surface area contributed by atoms with E-state index in [1.54, 1.807) is 12.1 Å². The molecule has 1 fully saturated rings. The SMILES string of the molecule is CC1CCCCC1NC(=O)c1nc(-c2ccc(Cl)cc2Cl)c(-c2ccc(Cl)cc2)s1. The van der Waals surface area contributed by atoms with Gasteiger partial charge in [-0.1, -0.05) is 66.7 Å². The number of thiazole rings is 1. The molecule has 30 heavy (non-hydrogen) atoms. The van der Waals surface area contributed by atoms with E-state index in [1.807, 2.05) is 30.3 Å². The number of aromatic nitrogens is 1. The quantitative estimate of drug-likeness (QED) is 0.415. The van der Waals surface area contributed by atoms with Crippen LogP contribution in [0.3, 0.4) is 0 Å². The minimum absolute atomic E-state index is 0.134. The van der Waals surface area contributed by atoms with E-state index >= 15 is 0 Å². The van der Waals surface area contributed by atoms with Crippen molar-refractivity contribution in [3.05, 3.63) is 62.5 Å². The summed E-state index contributed by atoms with van der Waals surface area (Å²) in [7, 11) is 0. The number of nitrogens with zero attached hydrogens (tertiary/aromatic N) is 1. The molecule has 0 aliphatic heterocycles. The Kier molecular flexibility index (Phi) is 6.69. The van der Waals surface area contributed by atoms with Crippen molar-refractivity contribution < 1.29 is 4.79 Å². The van der Waals surface area contributed by atoms with Gasteiger partial charge in [-0.05, 0) is 54.7 Å². The summed E-state index contributed by atoms with van der Waals surface area (Å²) in [5, 5.41) is 5.32. The van der Waals surface area contributed by atoms with Crippen molar-refractivity contribution in [3.63, 3.8) is 0 Å². The minimum Gasteiger partial charge on any atom is -0.347 e. The van der Waals surface area contributed by atoms with Gasteiger partial charge in [0.1, 0.15) is 0 Å². The molecule has 1 aromatic heterocycles. The van der Waals surface area contributed by atoms with E-state index in [9.17, 15) is 4.79 Å². The lowest BCUT2D eigenvalue weighted by Crippen LogP contribution is -2.41. The zero-order chi connectivity index (χ0) is 21.3. The molecule has 1 aliphatic rings. The van der Waals surface area contributed by atoms with Gasteiger partial charge in [0.2, 0.25) is 0 Å². The standard InChI is InChI=1S/C23H21Cl3N2OS/c1-13-4-2-3-5-19(13)27-22(29)23-28-20(17-11-10-16(25)12-18(17)26)21(30-23)14-6-8-15(24)9-7-14/h6-13,19H,2-5H2,1H3,(H,27,29). The van der Waals surface area contributed by atoms with E-state index < -0.39 is 0 Å². The third-order valence-electron chi connectivity index (χ3n) is 5.54. The zero-order valence-corrected chi connectivity index (χ0v) is 19.5. The van der Waals surface area contributed by atoms with Crippen LogP contribution in [0.2, 0.25) is 15.1 Å². The molecule has 156 valence electrons. The Morgan fingerprint density at radius 2 is 1.73 bits per heavy atom. The summed E-state index contributed by atoms with van der Waals surface area (Å²) in [5.41, 5.74) is 2.35. The average molecular weight is 480 g/mol. The van der Waals surface area contributed by atoms with Gasteiger partial charge in [-0.3, -0.25) is 4.79 Å². The second kappa shape index (κ2) is 9.27. The average Bonchev–Trinajstić information content (AvgIpc) is 3.15. The lowest BCUT2D eigenvalue weighted by molar-refractivity contribution is 0.0910. The maximum absolute atomic E-state index is 13.0. The van der Waals surface area contributed by atoms with Crippen LogP contribution in [0.4, 0.5) is 0 Å². The van der Waals surface area contributed by atoms with Crippen molar-refractivity contribution >= 4 is 52.0 Å². The predicted molar refractivity (Wildman–Crippen MR) is 127 cm³/mol. The predicted octanol–water partition coefficient (Wildman–Crippen LogP) is 7.75. The van der Waals surface area contributed by atoms with Crippen molar-refractivity contribution in [2.24, 2.45) is 5.92 Å². The second-order valence-electron chi connectivity index (χ2n) is 7.67. The lowest BCUT2D eigenvalue weighted by atomic mass is 9.86. The van der Waals surface area contributed by atoms with Crippen molar-refractivity contribution in [2.75, 3.05) is 0 Å². The highest BCUT2D eigenvalue weighted by Crippen LogP contribution is 2.40. The van der Waals surface area contributed by atoms with Crippen LogP contribution in [0.5, 0.6) is 0 Å². The maximum Gasteiger partial charge on any atom is 0.280 e. The Hall–Kier alpha value is -1.59. The van der Waals surface area contributed by atoms with E-state index in [4.69, 9.17) is 39.8 Å². The van der Waals surface area contributed by atoms with Gasteiger partial charge in [-0.25, -0.2) is 4.98 Å². The largest absolute Gasteiger partial charge is 0.347 e. The number of amides is 1.